The molecule has 2 nitrogen and oxygen atoms in total. The Kier molecular flexibility index (Phi) is 3.49. The van der Waals surface area contributed by atoms with Crippen LogP contribution in [0.1, 0.15) is 24.5 Å². The molecular weight excluding hydrogens is 196 g/mol. The van der Waals surface area contributed by atoms with Crippen molar-refractivity contribution in [3.05, 3.63) is 29.3 Å². The van der Waals surface area contributed by atoms with Crippen LogP contribution < -0.4 is 5.32 Å². The van der Waals surface area contributed by atoms with Crippen LogP contribution in [-0.2, 0) is 0 Å². The number of hydrogen-bond acceptors (Lipinski definition) is 2. The molecule has 88 valence electrons. The van der Waals surface area contributed by atoms with E-state index in [0.29, 0.717) is 6.04 Å². The number of nitrogens with zero attached hydrogens (tertiary/aromatic N) is 1. The number of aryl methyl sites for hydroxylation is 2. The molecule has 0 aliphatic carbocycles. The molecule has 1 heterocycles. The van der Waals surface area contributed by atoms with Crippen molar-refractivity contribution >= 4 is 5.69 Å². The first-order chi connectivity index (χ1) is 7.70. The summed E-state index contributed by atoms with van der Waals surface area (Å²) >= 11 is 0. The first kappa shape index (κ1) is 11.5. The Hall–Kier alpha value is -1.02. The van der Waals surface area contributed by atoms with Crippen molar-refractivity contribution in [3.8, 4) is 0 Å². The third-order valence-electron chi connectivity index (χ3n) is 3.55. The summed E-state index contributed by atoms with van der Waals surface area (Å²) in [6.45, 7) is 10.2. The van der Waals surface area contributed by atoms with E-state index in [1.807, 2.05) is 0 Å². The summed E-state index contributed by atoms with van der Waals surface area (Å²) < 4.78 is 0. The smallest absolute Gasteiger partial charge is 0.0402 e. The molecule has 0 radical (unpaired) electrons. The van der Waals surface area contributed by atoms with Crippen molar-refractivity contribution in [1.29, 1.82) is 0 Å². The molecule has 0 aromatic heterocycles. The fourth-order valence-corrected chi connectivity index (χ4v) is 2.48. The SMILES string of the molecule is CCN1CCC(Nc2c(C)cccc2C)C1. The zero-order valence-electron chi connectivity index (χ0n) is 10.6. The van der Waals surface area contributed by atoms with Crippen LogP contribution in [-0.4, -0.2) is 30.6 Å². The van der Waals surface area contributed by atoms with E-state index >= 15 is 0 Å². The van der Waals surface area contributed by atoms with Crippen LogP contribution in [0.25, 0.3) is 0 Å². The molecule has 16 heavy (non-hydrogen) atoms. The fraction of sp³-hybridized carbons (Fsp3) is 0.571. The van der Waals surface area contributed by atoms with Crippen LogP contribution in [0.3, 0.4) is 0 Å². The Balaban J connectivity index is 2.04. The summed E-state index contributed by atoms with van der Waals surface area (Å²) in [6, 6.07) is 7.12. The van der Waals surface area contributed by atoms with E-state index in [1.54, 1.807) is 0 Å². The molecule has 1 saturated heterocycles. The van der Waals surface area contributed by atoms with Gasteiger partial charge in [0.1, 0.15) is 0 Å². The highest BCUT2D eigenvalue weighted by molar-refractivity contribution is 5.57. The minimum Gasteiger partial charge on any atom is -0.381 e. The van der Waals surface area contributed by atoms with E-state index < -0.39 is 0 Å². The molecule has 1 fully saturated rings. The monoisotopic (exact) mass is 218 g/mol. The van der Waals surface area contributed by atoms with Gasteiger partial charge >= 0.3 is 0 Å². The van der Waals surface area contributed by atoms with E-state index in [4.69, 9.17) is 0 Å². The van der Waals surface area contributed by atoms with Gasteiger partial charge in [0.2, 0.25) is 0 Å². The molecule has 2 heteroatoms. The van der Waals surface area contributed by atoms with Crippen LogP contribution in [0.2, 0.25) is 0 Å². The van der Waals surface area contributed by atoms with E-state index in [9.17, 15) is 0 Å². The van der Waals surface area contributed by atoms with Crippen molar-refractivity contribution in [2.24, 2.45) is 0 Å². The van der Waals surface area contributed by atoms with Crippen LogP contribution in [0.15, 0.2) is 18.2 Å². The summed E-state index contributed by atoms with van der Waals surface area (Å²) in [5.74, 6) is 0. The molecule has 1 unspecified atom stereocenters. The van der Waals surface area contributed by atoms with Gasteiger partial charge in [-0.15, -0.1) is 0 Å². The molecule has 1 aliphatic rings. The molecule has 0 amide bonds. The predicted octanol–water partition coefficient (Wildman–Crippen LogP) is 2.81. The number of nitrogens with one attached hydrogen (secondary N) is 1. The van der Waals surface area contributed by atoms with Crippen LogP contribution >= 0.6 is 0 Å². The number of anilines is 1. The maximum atomic E-state index is 3.70. The first-order valence-corrected chi connectivity index (χ1v) is 6.25. The number of para-hydroxylation sites is 1. The van der Waals surface area contributed by atoms with Crippen LogP contribution in [0.4, 0.5) is 5.69 Å². The Labute approximate surface area is 98.7 Å². The summed E-state index contributed by atoms with van der Waals surface area (Å²) in [6.07, 6.45) is 1.27. The van der Waals surface area contributed by atoms with Gasteiger partial charge in [-0.1, -0.05) is 25.1 Å². The molecule has 2 rings (SSSR count). The van der Waals surface area contributed by atoms with Gasteiger partial charge in [-0.3, -0.25) is 0 Å². The van der Waals surface area contributed by atoms with Gasteiger partial charge in [-0.2, -0.15) is 0 Å². The normalized spacial score (nSPS) is 21.3. The second-order valence-corrected chi connectivity index (χ2v) is 4.79. The van der Waals surface area contributed by atoms with E-state index in [2.05, 4.69) is 49.2 Å². The van der Waals surface area contributed by atoms with Gasteiger partial charge in [-0.05, 0) is 37.9 Å². The molecule has 0 saturated carbocycles. The molecule has 1 aromatic carbocycles. The first-order valence-electron chi connectivity index (χ1n) is 6.25. The molecule has 0 bridgehead atoms. The van der Waals surface area contributed by atoms with E-state index in [-0.39, 0.29) is 0 Å². The van der Waals surface area contributed by atoms with Crippen LogP contribution in [0, 0.1) is 13.8 Å². The highest BCUT2D eigenvalue weighted by Gasteiger charge is 2.21. The van der Waals surface area contributed by atoms with Gasteiger partial charge in [0.15, 0.2) is 0 Å². The fourth-order valence-electron chi connectivity index (χ4n) is 2.48. The molecule has 1 N–H and O–H groups in total. The number of hydrogen-bond donors (Lipinski definition) is 1. The average molecular weight is 218 g/mol. The van der Waals surface area contributed by atoms with Gasteiger partial charge < -0.3 is 10.2 Å². The largest absolute Gasteiger partial charge is 0.381 e. The number of rotatable bonds is 3. The Morgan fingerprint density at radius 2 is 2.00 bits per heavy atom. The summed E-state index contributed by atoms with van der Waals surface area (Å²) in [4.78, 5) is 2.51. The van der Waals surface area contributed by atoms with Crippen molar-refractivity contribution in [2.45, 2.75) is 33.2 Å². The van der Waals surface area contributed by atoms with Crippen molar-refractivity contribution in [2.75, 3.05) is 25.0 Å². The highest BCUT2D eigenvalue weighted by Crippen LogP contribution is 2.22. The number of likely N-dealkylation sites (tertiary alicyclic amines) is 1. The lowest BCUT2D eigenvalue weighted by Gasteiger charge is -2.19. The van der Waals surface area contributed by atoms with Crippen molar-refractivity contribution < 1.29 is 0 Å². The third-order valence-corrected chi connectivity index (χ3v) is 3.55. The Bertz CT molecular complexity index is 340. The summed E-state index contributed by atoms with van der Waals surface area (Å²) in [5.41, 5.74) is 4.05. The van der Waals surface area contributed by atoms with Gasteiger partial charge in [-0.25, -0.2) is 0 Å². The lowest BCUT2D eigenvalue weighted by atomic mass is 10.1. The molecule has 1 atom stereocenters. The molecule has 1 aliphatic heterocycles. The topological polar surface area (TPSA) is 15.3 Å². The van der Waals surface area contributed by atoms with E-state index in [1.165, 1.54) is 42.9 Å². The quantitative estimate of drug-likeness (QED) is 0.839. The number of benzene rings is 1. The molecule has 1 aromatic rings. The maximum absolute atomic E-state index is 3.70. The van der Waals surface area contributed by atoms with E-state index in [0.717, 1.165) is 0 Å². The van der Waals surface area contributed by atoms with Crippen molar-refractivity contribution in [3.63, 3.8) is 0 Å². The molecular formula is C14H22N2. The maximum Gasteiger partial charge on any atom is 0.0402 e. The van der Waals surface area contributed by atoms with Crippen LogP contribution in [0.5, 0.6) is 0 Å². The third kappa shape index (κ3) is 2.38. The second kappa shape index (κ2) is 4.88. The Morgan fingerprint density at radius 3 is 2.56 bits per heavy atom. The zero-order valence-corrected chi connectivity index (χ0v) is 10.6. The highest BCUT2D eigenvalue weighted by atomic mass is 15.2. The van der Waals surface area contributed by atoms with Crippen molar-refractivity contribution in [1.82, 2.24) is 4.90 Å². The molecule has 0 spiro atoms. The minimum atomic E-state index is 0.625. The number of likely N-dealkylation sites (N-methyl/N-ethyl adjacent to an activating group) is 1. The lowest BCUT2D eigenvalue weighted by Crippen LogP contribution is -2.26. The minimum absolute atomic E-state index is 0.625. The average Bonchev–Trinajstić information content (AvgIpc) is 2.71. The van der Waals surface area contributed by atoms with Gasteiger partial charge in [0.25, 0.3) is 0 Å². The van der Waals surface area contributed by atoms with Gasteiger partial charge in [0.05, 0.1) is 0 Å². The second-order valence-electron chi connectivity index (χ2n) is 4.79. The summed E-state index contributed by atoms with van der Waals surface area (Å²) in [7, 11) is 0. The Morgan fingerprint density at radius 1 is 1.31 bits per heavy atom. The standard InChI is InChI=1S/C14H22N2/c1-4-16-9-8-13(10-16)15-14-11(2)6-5-7-12(14)3/h5-7,13,15H,4,8-10H2,1-3H3. The lowest BCUT2D eigenvalue weighted by molar-refractivity contribution is 0.356. The zero-order chi connectivity index (χ0) is 11.5. The predicted molar refractivity (Wildman–Crippen MR) is 70.1 cm³/mol. The summed E-state index contributed by atoms with van der Waals surface area (Å²) in [5, 5.41) is 3.70. The van der Waals surface area contributed by atoms with Gasteiger partial charge in [0, 0.05) is 24.8 Å².